The number of ether oxygens (including phenoxy) is 1. The number of hydrogen-bond acceptors (Lipinski definition) is 3. The molecule has 1 aromatic rings. The summed E-state index contributed by atoms with van der Waals surface area (Å²) >= 11 is 0. The van der Waals surface area contributed by atoms with Crippen molar-refractivity contribution in [2.75, 3.05) is 19.8 Å². The maximum absolute atomic E-state index is 11.9. The van der Waals surface area contributed by atoms with Gasteiger partial charge in [-0.05, 0) is 31.0 Å². The summed E-state index contributed by atoms with van der Waals surface area (Å²) in [5, 5.41) is 3.22. The van der Waals surface area contributed by atoms with E-state index >= 15 is 0 Å². The van der Waals surface area contributed by atoms with Gasteiger partial charge in [0.15, 0.2) is 0 Å². The van der Waals surface area contributed by atoms with Crippen LogP contribution in [0.2, 0.25) is 0 Å². The van der Waals surface area contributed by atoms with E-state index in [1.165, 1.54) is 0 Å². The fourth-order valence-electron chi connectivity index (χ4n) is 1.67. The molecule has 0 fully saturated rings. The lowest BCUT2D eigenvalue weighted by molar-refractivity contribution is -0.174. The third-order valence-corrected chi connectivity index (χ3v) is 2.43. The van der Waals surface area contributed by atoms with E-state index in [1.807, 2.05) is 13.0 Å². The Bertz CT molecular complexity index is 312. The molecule has 0 saturated heterocycles. The third-order valence-electron chi connectivity index (χ3n) is 2.43. The second-order valence-corrected chi connectivity index (χ2v) is 4.05. The molecule has 0 spiro atoms. The highest BCUT2D eigenvalue weighted by Gasteiger charge is 2.27. The number of rotatable bonds is 8. The minimum atomic E-state index is -4.25. The van der Waals surface area contributed by atoms with Crippen molar-refractivity contribution in [2.45, 2.75) is 32.0 Å². The zero-order valence-corrected chi connectivity index (χ0v) is 10.3. The molecular formula is C12H18F3NO2. The second kappa shape index (κ2) is 7.43. The molecule has 6 heteroatoms. The molecule has 18 heavy (non-hydrogen) atoms. The SMILES string of the molecule is CCNC(CCOCC(F)(F)F)Cc1ccoc1. The van der Waals surface area contributed by atoms with Crippen molar-refractivity contribution < 1.29 is 22.3 Å². The molecule has 0 aliphatic heterocycles. The predicted molar refractivity (Wildman–Crippen MR) is 61.4 cm³/mol. The van der Waals surface area contributed by atoms with Crippen LogP contribution in [0.5, 0.6) is 0 Å². The number of nitrogens with one attached hydrogen (secondary N) is 1. The summed E-state index contributed by atoms with van der Waals surface area (Å²) in [6.07, 6.45) is 0.229. The van der Waals surface area contributed by atoms with Crippen LogP contribution < -0.4 is 5.32 Å². The first-order valence-electron chi connectivity index (χ1n) is 5.90. The first kappa shape index (κ1) is 15.0. The maximum Gasteiger partial charge on any atom is 0.411 e. The topological polar surface area (TPSA) is 34.4 Å². The van der Waals surface area contributed by atoms with Crippen molar-refractivity contribution in [3.8, 4) is 0 Å². The molecule has 0 radical (unpaired) electrons. The van der Waals surface area contributed by atoms with Crippen LogP contribution in [0.25, 0.3) is 0 Å². The molecule has 1 aromatic heterocycles. The summed E-state index contributed by atoms with van der Waals surface area (Å²) in [7, 11) is 0. The van der Waals surface area contributed by atoms with Crippen LogP contribution >= 0.6 is 0 Å². The van der Waals surface area contributed by atoms with E-state index in [0.717, 1.165) is 18.5 Å². The van der Waals surface area contributed by atoms with Gasteiger partial charge in [-0.3, -0.25) is 0 Å². The highest BCUT2D eigenvalue weighted by atomic mass is 19.4. The molecule has 0 aliphatic carbocycles. The molecule has 1 heterocycles. The van der Waals surface area contributed by atoms with Crippen LogP contribution in [-0.4, -0.2) is 32.0 Å². The van der Waals surface area contributed by atoms with Gasteiger partial charge in [0.1, 0.15) is 6.61 Å². The quantitative estimate of drug-likeness (QED) is 0.734. The van der Waals surface area contributed by atoms with E-state index in [2.05, 4.69) is 10.1 Å². The standard InChI is InChI=1S/C12H18F3NO2/c1-2-16-11(7-10-3-5-17-8-10)4-6-18-9-12(13,14)15/h3,5,8,11,16H,2,4,6-7,9H2,1H3. The fraction of sp³-hybridized carbons (Fsp3) is 0.667. The summed E-state index contributed by atoms with van der Waals surface area (Å²) in [6, 6.07) is 1.95. The van der Waals surface area contributed by atoms with E-state index in [-0.39, 0.29) is 12.6 Å². The van der Waals surface area contributed by atoms with Crippen molar-refractivity contribution >= 4 is 0 Å². The van der Waals surface area contributed by atoms with E-state index < -0.39 is 12.8 Å². The third kappa shape index (κ3) is 6.66. The van der Waals surface area contributed by atoms with Gasteiger partial charge in [0.2, 0.25) is 0 Å². The van der Waals surface area contributed by atoms with Crippen molar-refractivity contribution in [1.82, 2.24) is 5.32 Å². The molecule has 3 nitrogen and oxygen atoms in total. The molecule has 1 atom stereocenters. The smallest absolute Gasteiger partial charge is 0.411 e. The van der Waals surface area contributed by atoms with Gasteiger partial charge in [-0.2, -0.15) is 13.2 Å². The Morgan fingerprint density at radius 2 is 2.22 bits per heavy atom. The van der Waals surface area contributed by atoms with Crippen LogP contribution in [0.3, 0.4) is 0 Å². The summed E-state index contributed by atoms with van der Waals surface area (Å²) in [5.41, 5.74) is 1.02. The van der Waals surface area contributed by atoms with Crippen LogP contribution in [0.4, 0.5) is 13.2 Å². The monoisotopic (exact) mass is 265 g/mol. The lowest BCUT2D eigenvalue weighted by Crippen LogP contribution is -2.32. The number of hydrogen-bond donors (Lipinski definition) is 1. The fourth-order valence-corrected chi connectivity index (χ4v) is 1.67. The zero-order valence-electron chi connectivity index (χ0n) is 10.3. The highest BCUT2D eigenvalue weighted by molar-refractivity contribution is 5.07. The Morgan fingerprint density at radius 3 is 2.78 bits per heavy atom. The van der Waals surface area contributed by atoms with Gasteiger partial charge in [0, 0.05) is 12.6 Å². The molecule has 0 saturated carbocycles. The number of alkyl halides is 3. The number of likely N-dealkylation sites (N-methyl/N-ethyl adjacent to an activating group) is 1. The van der Waals surface area contributed by atoms with Gasteiger partial charge >= 0.3 is 6.18 Å². The lowest BCUT2D eigenvalue weighted by atomic mass is 10.1. The van der Waals surface area contributed by atoms with Crippen LogP contribution in [0.15, 0.2) is 23.0 Å². The van der Waals surface area contributed by atoms with Gasteiger partial charge in [-0.15, -0.1) is 0 Å². The summed E-state index contributed by atoms with van der Waals surface area (Å²) < 4.78 is 45.2. The molecule has 1 unspecified atom stereocenters. The molecule has 0 bridgehead atoms. The van der Waals surface area contributed by atoms with Crippen molar-refractivity contribution in [2.24, 2.45) is 0 Å². The molecule has 0 aliphatic rings. The second-order valence-electron chi connectivity index (χ2n) is 4.05. The summed E-state index contributed by atoms with van der Waals surface area (Å²) in [6.45, 7) is 1.63. The minimum absolute atomic E-state index is 0.0923. The predicted octanol–water partition coefficient (Wildman–Crippen LogP) is 2.77. The van der Waals surface area contributed by atoms with Gasteiger partial charge in [-0.25, -0.2) is 0 Å². The minimum Gasteiger partial charge on any atom is -0.472 e. The van der Waals surface area contributed by atoms with E-state index in [0.29, 0.717) is 6.42 Å². The van der Waals surface area contributed by atoms with Crippen molar-refractivity contribution in [3.63, 3.8) is 0 Å². The Balaban J connectivity index is 2.25. The average molecular weight is 265 g/mol. The molecule has 1 rings (SSSR count). The Kier molecular flexibility index (Phi) is 6.21. The lowest BCUT2D eigenvalue weighted by Gasteiger charge is -2.17. The molecule has 0 aromatic carbocycles. The molecule has 104 valence electrons. The van der Waals surface area contributed by atoms with Crippen LogP contribution in [0.1, 0.15) is 18.9 Å². The normalized spacial score (nSPS) is 13.8. The zero-order chi connectivity index (χ0) is 13.4. The van der Waals surface area contributed by atoms with Crippen molar-refractivity contribution in [3.05, 3.63) is 24.2 Å². The number of halogens is 3. The summed E-state index contributed by atoms with van der Waals surface area (Å²) in [5.74, 6) is 0. The van der Waals surface area contributed by atoms with Gasteiger partial charge in [0.25, 0.3) is 0 Å². The highest BCUT2D eigenvalue weighted by Crippen LogP contribution is 2.15. The van der Waals surface area contributed by atoms with Crippen LogP contribution in [-0.2, 0) is 11.2 Å². The van der Waals surface area contributed by atoms with Gasteiger partial charge in [0.05, 0.1) is 12.5 Å². The molecule has 1 N–H and O–H groups in total. The largest absolute Gasteiger partial charge is 0.472 e. The van der Waals surface area contributed by atoms with E-state index in [9.17, 15) is 13.2 Å². The van der Waals surface area contributed by atoms with Crippen molar-refractivity contribution in [1.29, 1.82) is 0 Å². The Labute approximate surface area is 104 Å². The Hall–Kier alpha value is -1.01. The van der Waals surface area contributed by atoms with E-state index in [1.54, 1.807) is 12.5 Å². The maximum atomic E-state index is 11.9. The first-order valence-corrected chi connectivity index (χ1v) is 5.90. The average Bonchev–Trinajstić information content (AvgIpc) is 2.76. The molecular weight excluding hydrogens is 247 g/mol. The Morgan fingerprint density at radius 1 is 1.44 bits per heavy atom. The van der Waals surface area contributed by atoms with Crippen LogP contribution in [0, 0.1) is 0 Å². The van der Waals surface area contributed by atoms with Gasteiger partial charge < -0.3 is 14.5 Å². The van der Waals surface area contributed by atoms with E-state index in [4.69, 9.17) is 4.42 Å². The number of furan rings is 1. The first-order chi connectivity index (χ1) is 8.51. The summed E-state index contributed by atoms with van der Waals surface area (Å²) in [4.78, 5) is 0. The molecule has 0 amide bonds. The van der Waals surface area contributed by atoms with Gasteiger partial charge in [-0.1, -0.05) is 6.92 Å².